The molecule has 1 amide bonds. The largest absolute Gasteiger partial charge is 0.484 e. The lowest BCUT2D eigenvalue weighted by atomic mass is 10.1. The summed E-state index contributed by atoms with van der Waals surface area (Å²) in [5.41, 5.74) is 2.27. The third-order valence-electron chi connectivity index (χ3n) is 3.04. The number of carbonyl (C=O) groups excluding carboxylic acids is 2. The topological polar surface area (TPSA) is 90.4 Å². The minimum Gasteiger partial charge on any atom is -0.484 e. The van der Waals surface area contributed by atoms with Gasteiger partial charge in [-0.1, -0.05) is 29.2 Å². The monoisotopic (exact) mass is 367 g/mol. The van der Waals surface area contributed by atoms with E-state index in [1.165, 1.54) is 30.2 Å². The van der Waals surface area contributed by atoms with Crippen molar-refractivity contribution >= 4 is 40.1 Å². The first-order valence-electron chi connectivity index (χ1n) is 7.01. The average Bonchev–Trinajstić information content (AvgIpc) is 3.01. The lowest BCUT2D eigenvalue weighted by Gasteiger charge is -2.07. The van der Waals surface area contributed by atoms with Crippen LogP contribution in [-0.4, -0.2) is 41.5 Å². The third-order valence-corrected chi connectivity index (χ3v) is 4.99. The standard InChI is InChI=1S/C15H17N3O4S2/c1-9-4-5-11(6-10(9)2)22-7-12(19)16-14-17-18-15(24-14)23-8-13(20)21-3/h4-6H,7-8H2,1-3H3,(H,16,17,19). The highest BCUT2D eigenvalue weighted by Crippen LogP contribution is 2.25. The Labute approximate surface area is 147 Å². The van der Waals surface area contributed by atoms with E-state index in [4.69, 9.17) is 4.74 Å². The fourth-order valence-electron chi connectivity index (χ4n) is 1.61. The van der Waals surface area contributed by atoms with Gasteiger partial charge in [0.05, 0.1) is 12.9 Å². The van der Waals surface area contributed by atoms with Crippen molar-refractivity contribution in [2.24, 2.45) is 0 Å². The first kappa shape index (κ1) is 18.2. The normalized spacial score (nSPS) is 10.3. The molecule has 0 fully saturated rings. The number of aromatic nitrogens is 2. The number of hydrogen-bond donors (Lipinski definition) is 1. The highest BCUT2D eigenvalue weighted by atomic mass is 32.2. The summed E-state index contributed by atoms with van der Waals surface area (Å²) < 4.78 is 10.6. The average molecular weight is 367 g/mol. The van der Waals surface area contributed by atoms with E-state index in [2.05, 4.69) is 20.3 Å². The Hall–Kier alpha value is -2.13. The van der Waals surface area contributed by atoms with Gasteiger partial charge in [0, 0.05) is 0 Å². The number of ether oxygens (including phenoxy) is 2. The number of esters is 1. The second-order valence-electron chi connectivity index (χ2n) is 4.82. The molecule has 0 bridgehead atoms. The van der Waals surface area contributed by atoms with Crippen LogP contribution < -0.4 is 10.1 Å². The quantitative estimate of drug-likeness (QED) is 0.456. The van der Waals surface area contributed by atoms with Crippen LogP contribution in [0, 0.1) is 13.8 Å². The minimum atomic E-state index is -0.345. The summed E-state index contributed by atoms with van der Waals surface area (Å²) in [6.07, 6.45) is 0. The van der Waals surface area contributed by atoms with E-state index in [9.17, 15) is 9.59 Å². The first-order valence-corrected chi connectivity index (χ1v) is 8.81. The van der Waals surface area contributed by atoms with Crippen LogP contribution in [0.1, 0.15) is 11.1 Å². The lowest BCUT2D eigenvalue weighted by Crippen LogP contribution is -2.20. The number of benzene rings is 1. The number of anilines is 1. The van der Waals surface area contributed by atoms with Crippen LogP contribution in [0.15, 0.2) is 22.5 Å². The number of carbonyl (C=O) groups is 2. The molecule has 0 aliphatic carbocycles. The maximum atomic E-state index is 11.9. The van der Waals surface area contributed by atoms with Gasteiger partial charge in [-0.25, -0.2) is 0 Å². The van der Waals surface area contributed by atoms with Crippen molar-refractivity contribution in [3.8, 4) is 5.75 Å². The van der Waals surface area contributed by atoms with Gasteiger partial charge in [-0.05, 0) is 37.1 Å². The van der Waals surface area contributed by atoms with Gasteiger partial charge in [-0.3, -0.25) is 14.9 Å². The number of methoxy groups -OCH3 is 1. The fraction of sp³-hybridized carbons (Fsp3) is 0.333. The molecular formula is C15H17N3O4S2. The molecule has 0 aliphatic rings. The molecule has 128 valence electrons. The van der Waals surface area contributed by atoms with Gasteiger partial charge < -0.3 is 9.47 Å². The van der Waals surface area contributed by atoms with Gasteiger partial charge in [0.25, 0.3) is 5.91 Å². The Balaban J connectivity index is 1.80. The summed E-state index contributed by atoms with van der Waals surface area (Å²) in [5, 5.41) is 10.7. The van der Waals surface area contributed by atoms with Gasteiger partial charge >= 0.3 is 5.97 Å². The molecule has 24 heavy (non-hydrogen) atoms. The van der Waals surface area contributed by atoms with Crippen molar-refractivity contribution in [1.29, 1.82) is 0 Å². The Morgan fingerprint density at radius 1 is 1.25 bits per heavy atom. The van der Waals surface area contributed by atoms with Crippen molar-refractivity contribution in [2.45, 2.75) is 18.2 Å². The van der Waals surface area contributed by atoms with Crippen LogP contribution in [0.4, 0.5) is 5.13 Å². The summed E-state index contributed by atoms with van der Waals surface area (Å²) in [6.45, 7) is 3.88. The lowest BCUT2D eigenvalue weighted by molar-refractivity contribution is -0.137. The molecule has 0 saturated carbocycles. The molecule has 7 nitrogen and oxygen atoms in total. The molecule has 2 rings (SSSR count). The Bertz CT molecular complexity index is 733. The SMILES string of the molecule is COC(=O)CSc1nnc(NC(=O)COc2ccc(C)c(C)c2)s1. The number of rotatable bonds is 7. The molecule has 9 heteroatoms. The Kier molecular flexibility index (Phi) is 6.56. The van der Waals surface area contributed by atoms with Crippen molar-refractivity contribution < 1.29 is 19.1 Å². The van der Waals surface area contributed by atoms with Crippen LogP contribution >= 0.6 is 23.1 Å². The number of nitrogens with zero attached hydrogens (tertiary/aromatic N) is 2. The molecule has 1 N–H and O–H groups in total. The first-order chi connectivity index (χ1) is 11.5. The van der Waals surface area contributed by atoms with Crippen molar-refractivity contribution in [3.63, 3.8) is 0 Å². The van der Waals surface area contributed by atoms with Crippen LogP contribution in [0.5, 0.6) is 5.75 Å². The van der Waals surface area contributed by atoms with Crippen LogP contribution in [-0.2, 0) is 14.3 Å². The second-order valence-corrected chi connectivity index (χ2v) is 7.02. The summed E-state index contributed by atoms with van der Waals surface area (Å²) in [5.74, 6) is 0.117. The van der Waals surface area contributed by atoms with E-state index in [-0.39, 0.29) is 24.2 Å². The minimum absolute atomic E-state index is 0.118. The number of aryl methyl sites for hydroxylation is 2. The molecule has 0 atom stereocenters. The molecule has 0 spiro atoms. The van der Waals surface area contributed by atoms with E-state index in [1.807, 2.05) is 32.0 Å². The molecule has 2 aromatic rings. The highest BCUT2D eigenvalue weighted by Gasteiger charge is 2.11. The summed E-state index contributed by atoms with van der Waals surface area (Å²) in [7, 11) is 1.32. The van der Waals surface area contributed by atoms with Crippen molar-refractivity contribution in [3.05, 3.63) is 29.3 Å². The van der Waals surface area contributed by atoms with Crippen LogP contribution in [0.25, 0.3) is 0 Å². The van der Waals surface area contributed by atoms with E-state index < -0.39 is 0 Å². The smallest absolute Gasteiger partial charge is 0.316 e. The van der Waals surface area contributed by atoms with Crippen molar-refractivity contribution in [1.82, 2.24) is 10.2 Å². The van der Waals surface area contributed by atoms with E-state index >= 15 is 0 Å². The number of hydrogen-bond acceptors (Lipinski definition) is 8. The van der Waals surface area contributed by atoms with E-state index in [1.54, 1.807) is 0 Å². The third kappa shape index (κ3) is 5.50. The predicted molar refractivity (Wildman–Crippen MR) is 92.7 cm³/mol. The van der Waals surface area contributed by atoms with Gasteiger partial charge in [0.1, 0.15) is 5.75 Å². The molecule has 1 heterocycles. The Morgan fingerprint density at radius 2 is 2.04 bits per heavy atom. The molecule has 1 aromatic heterocycles. The summed E-state index contributed by atoms with van der Waals surface area (Å²) >= 11 is 2.39. The maximum absolute atomic E-state index is 11.9. The van der Waals surface area contributed by atoms with Crippen molar-refractivity contribution in [2.75, 3.05) is 24.8 Å². The number of amides is 1. The zero-order valence-corrected chi connectivity index (χ0v) is 15.1. The molecular weight excluding hydrogens is 350 g/mol. The maximum Gasteiger partial charge on any atom is 0.316 e. The van der Waals surface area contributed by atoms with Gasteiger partial charge in [0.15, 0.2) is 10.9 Å². The molecule has 0 radical (unpaired) electrons. The fourth-order valence-corrected chi connectivity index (χ4v) is 3.21. The van der Waals surface area contributed by atoms with Crippen LogP contribution in [0.3, 0.4) is 0 Å². The van der Waals surface area contributed by atoms with E-state index in [0.717, 1.165) is 11.1 Å². The Morgan fingerprint density at radius 3 is 2.75 bits per heavy atom. The summed E-state index contributed by atoms with van der Waals surface area (Å²) in [6, 6.07) is 5.65. The molecule has 0 unspecified atom stereocenters. The molecule has 0 saturated heterocycles. The zero-order chi connectivity index (χ0) is 17.5. The molecule has 1 aromatic carbocycles. The number of thioether (sulfide) groups is 1. The molecule has 0 aliphatic heterocycles. The van der Waals surface area contributed by atoms with E-state index in [0.29, 0.717) is 15.2 Å². The second kappa shape index (κ2) is 8.65. The highest BCUT2D eigenvalue weighted by molar-refractivity contribution is 8.01. The predicted octanol–water partition coefficient (Wildman–Crippen LogP) is 2.44. The summed E-state index contributed by atoms with van der Waals surface area (Å²) in [4.78, 5) is 22.9. The van der Waals surface area contributed by atoms with Gasteiger partial charge in [-0.15, -0.1) is 10.2 Å². The zero-order valence-electron chi connectivity index (χ0n) is 13.5. The van der Waals surface area contributed by atoms with Gasteiger partial charge in [-0.2, -0.15) is 0 Å². The van der Waals surface area contributed by atoms with Crippen LogP contribution in [0.2, 0.25) is 0 Å². The van der Waals surface area contributed by atoms with Gasteiger partial charge in [0.2, 0.25) is 5.13 Å². The number of nitrogens with one attached hydrogen (secondary N) is 1.